The summed E-state index contributed by atoms with van der Waals surface area (Å²) in [6.07, 6.45) is 1.77. The summed E-state index contributed by atoms with van der Waals surface area (Å²) in [6.45, 7) is 5.76. The molecule has 0 saturated carbocycles. The summed E-state index contributed by atoms with van der Waals surface area (Å²) in [5, 5.41) is 2.98. The van der Waals surface area contributed by atoms with Crippen LogP contribution in [0.1, 0.15) is 47.3 Å². The van der Waals surface area contributed by atoms with Gasteiger partial charge in [0, 0.05) is 25.2 Å². The maximum absolute atomic E-state index is 12.9. The number of sulfonamides is 1. The molecule has 1 amide bonds. The van der Waals surface area contributed by atoms with Gasteiger partial charge in [-0.3, -0.25) is 4.79 Å². The number of hydrogen-bond donors (Lipinski definition) is 1. The zero-order chi connectivity index (χ0) is 22.6. The van der Waals surface area contributed by atoms with E-state index in [1.165, 1.54) is 17.7 Å². The SMILES string of the molecule is Cc1ccc(C(CNC(=O)c2ccc(S(=O)(=O)N3CCC(C)CC3)cc2)N(C)C)cc1. The Morgan fingerprint density at radius 1 is 1.06 bits per heavy atom. The molecule has 0 spiro atoms. The lowest BCUT2D eigenvalue weighted by atomic mass is 10.0. The van der Waals surface area contributed by atoms with Crippen molar-refractivity contribution in [3.05, 3.63) is 65.2 Å². The molecule has 2 aromatic carbocycles. The summed E-state index contributed by atoms with van der Waals surface area (Å²) in [6, 6.07) is 14.6. The molecule has 3 rings (SSSR count). The predicted octanol–water partition coefficient (Wildman–Crippen LogP) is 3.45. The van der Waals surface area contributed by atoms with E-state index in [0.717, 1.165) is 18.4 Å². The first-order chi connectivity index (χ1) is 14.7. The number of nitrogens with one attached hydrogen (secondary N) is 1. The molecule has 31 heavy (non-hydrogen) atoms. The molecule has 1 fully saturated rings. The van der Waals surface area contributed by atoms with Crippen molar-refractivity contribution in [1.29, 1.82) is 0 Å². The van der Waals surface area contributed by atoms with Crippen molar-refractivity contribution < 1.29 is 13.2 Å². The number of benzene rings is 2. The van der Waals surface area contributed by atoms with Crippen LogP contribution >= 0.6 is 0 Å². The van der Waals surface area contributed by atoms with Crippen molar-refractivity contribution in [2.45, 2.75) is 37.6 Å². The van der Waals surface area contributed by atoms with Crippen LogP contribution < -0.4 is 5.32 Å². The second-order valence-corrected chi connectivity index (χ2v) is 10.6. The Morgan fingerprint density at radius 3 is 2.19 bits per heavy atom. The second kappa shape index (κ2) is 9.94. The van der Waals surface area contributed by atoms with Gasteiger partial charge < -0.3 is 10.2 Å². The van der Waals surface area contributed by atoms with Gasteiger partial charge in [-0.1, -0.05) is 36.8 Å². The first-order valence-electron chi connectivity index (χ1n) is 10.8. The first kappa shape index (κ1) is 23.4. The minimum atomic E-state index is -3.51. The summed E-state index contributed by atoms with van der Waals surface area (Å²) < 4.78 is 27.3. The number of piperidine rings is 1. The van der Waals surface area contributed by atoms with Crippen LogP contribution in [0.5, 0.6) is 0 Å². The number of aryl methyl sites for hydroxylation is 1. The van der Waals surface area contributed by atoms with Crippen molar-refractivity contribution in [3.63, 3.8) is 0 Å². The van der Waals surface area contributed by atoms with E-state index in [4.69, 9.17) is 0 Å². The minimum Gasteiger partial charge on any atom is -0.350 e. The molecule has 1 unspecified atom stereocenters. The standard InChI is InChI=1S/C24H33N3O3S/c1-18-5-7-20(8-6-18)23(26(3)4)17-25-24(28)21-9-11-22(12-10-21)31(29,30)27-15-13-19(2)14-16-27/h5-12,19,23H,13-17H2,1-4H3,(H,25,28). The Kier molecular flexibility index (Phi) is 7.51. The summed E-state index contributed by atoms with van der Waals surface area (Å²) in [5.41, 5.74) is 2.78. The van der Waals surface area contributed by atoms with Gasteiger partial charge in [-0.25, -0.2) is 8.42 Å². The van der Waals surface area contributed by atoms with Gasteiger partial charge in [-0.15, -0.1) is 0 Å². The Bertz CT molecular complexity index is 978. The monoisotopic (exact) mass is 443 g/mol. The fourth-order valence-corrected chi connectivity index (χ4v) is 5.30. The Morgan fingerprint density at radius 2 is 1.65 bits per heavy atom. The smallest absolute Gasteiger partial charge is 0.251 e. The maximum atomic E-state index is 12.9. The fraction of sp³-hybridized carbons (Fsp3) is 0.458. The molecule has 2 aromatic rings. The fourth-order valence-electron chi connectivity index (χ4n) is 3.83. The Balaban J connectivity index is 1.65. The lowest BCUT2D eigenvalue weighted by Crippen LogP contribution is -2.38. The number of hydrogen-bond acceptors (Lipinski definition) is 4. The van der Waals surface area contributed by atoms with E-state index >= 15 is 0 Å². The number of carbonyl (C=O) groups is 1. The number of nitrogens with zero attached hydrogens (tertiary/aromatic N) is 2. The van der Waals surface area contributed by atoms with Crippen molar-refractivity contribution in [2.75, 3.05) is 33.7 Å². The molecule has 1 atom stereocenters. The van der Waals surface area contributed by atoms with Gasteiger partial charge in [0.1, 0.15) is 0 Å². The van der Waals surface area contributed by atoms with Crippen LogP contribution in [0.15, 0.2) is 53.4 Å². The van der Waals surface area contributed by atoms with Crippen molar-refractivity contribution in [1.82, 2.24) is 14.5 Å². The van der Waals surface area contributed by atoms with Crippen LogP contribution in [-0.4, -0.2) is 57.3 Å². The zero-order valence-electron chi connectivity index (χ0n) is 18.8. The molecule has 1 saturated heterocycles. The molecule has 168 valence electrons. The summed E-state index contributed by atoms with van der Waals surface area (Å²) in [5.74, 6) is 0.345. The normalized spacial score (nSPS) is 16.9. The highest BCUT2D eigenvalue weighted by Crippen LogP contribution is 2.24. The van der Waals surface area contributed by atoms with Crippen LogP contribution in [0, 0.1) is 12.8 Å². The van der Waals surface area contributed by atoms with Crippen LogP contribution in [0.25, 0.3) is 0 Å². The molecule has 7 heteroatoms. The highest BCUT2D eigenvalue weighted by atomic mass is 32.2. The van der Waals surface area contributed by atoms with Crippen molar-refractivity contribution in [3.8, 4) is 0 Å². The van der Waals surface area contributed by atoms with Crippen LogP contribution in [0.3, 0.4) is 0 Å². The first-order valence-corrected chi connectivity index (χ1v) is 12.2. The van der Waals surface area contributed by atoms with Crippen molar-refractivity contribution >= 4 is 15.9 Å². The number of amides is 1. The van der Waals surface area contributed by atoms with E-state index in [1.807, 2.05) is 21.0 Å². The minimum absolute atomic E-state index is 0.0469. The molecular formula is C24H33N3O3S. The molecule has 1 N–H and O–H groups in total. The van der Waals surface area contributed by atoms with Gasteiger partial charge in [0.2, 0.25) is 10.0 Å². The van der Waals surface area contributed by atoms with Gasteiger partial charge in [-0.05, 0) is 69.6 Å². The highest BCUT2D eigenvalue weighted by Gasteiger charge is 2.28. The molecule has 1 aliphatic rings. The molecule has 0 radical (unpaired) electrons. The molecule has 1 heterocycles. The molecular weight excluding hydrogens is 410 g/mol. The van der Waals surface area contributed by atoms with E-state index in [2.05, 4.69) is 41.4 Å². The molecule has 6 nitrogen and oxygen atoms in total. The van der Waals surface area contributed by atoms with E-state index in [9.17, 15) is 13.2 Å². The Hall–Kier alpha value is -2.22. The van der Waals surface area contributed by atoms with Crippen LogP contribution in [0.4, 0.5) is 0 Å². The molecule has 0 aromatic heterocycles. The zero-order valence-corrected chi connectivity index (χ0v) is 19.7. The number of rotatable bonds is 7. The molecule has 0 aliphatic carbocycles. The van der Waals surface area contributed by atoms with Gasteiger partial charge in [0.15, 0.2) is 0 Å². The molecule has 0 bridgehead atoms. The van der Waals surface area contributed by atoms with Gasteiger partial charge in [0.25, 0.3) is 5.91 Å². The van der Waals surface area contributed by atoms with Crippen LogP contribution in [0.2, 0.25) is 0 Å². The Labute approximate surface area is 186 Å². The number of likely N-dealkylation sites (N-methyl/N-ethyl adjacent to an activating group) is 1. The topological polar surface area (TPSA) is 69.7 Å². The van der Waals surface area contributed by atoms with Gasteiger partial charge in [-0.2, -0.15) is 4.31 Å². The second-order valence-electron chi connectivity index (χ2n) is 8.71. The summed E-state index contributed by atoms with van der Waals surface area (Å²) in [7, 11) is 0.458. The lowest BCUT2D eigenvalue weighted by Gasteiger charge is -2.29. The van der Waals surface area contributed by atoms with E-state index < -0.39 is 10.0 Å². The predicted molar refractivity (Wildman–Crippen MR) is 124 cm³/mol. The third kappa shape index (κ3) is 5.73. The van der Waals surface area contributed by atoms with Gasteiger partial charge in [0.05, 0.1) is 10.9 Å². The third-order valence-electron chi connectivity index (χ3n) is 6.04. The largest absolute Gasteiger partial charge is 0.350 e. The van der Waals surface area contributed by atoms with Gasteiger partial charge >= 0.3 is 0 Å². The van der Waals surface area contributed by atoms with E-state index in [1.54, 1.807) is 16.4 Å². The lowest BCUT2D eigenvalue weighted by molar-refractivity contribution is 0.0942. The molecule has 1 aliphatic heterocycles. The van der Waals surface area contributed by atoms with E-state index in [-0.39, 0.29) is 16.8 Å². The van der Waals surface area contributed by atoms with E-state index in [0.29, 0.717) is 31.1 Å². The average Bonchev–Trinajstić information content (AvgIpc) is 2.75. The third-order valence-corrected chi connectivity index (χ3v) is 7.95. The summed E-state index contributed by atoms with van der Waals surface area (Å²) >= 11 is 0. The quantitative estimate of drug-likeness (QED) is 0.712. The summed E-state index contributed by atoms with van der Waals surface area (Å²) in [4.78, 5) is 15.0. The highest BCUT2D eigenvalue weighted by molar-refractivity contribution is 7.89. The number of carbonyl (C=O) groups excluding carboxylic acids is 1. The van der Waals surface area contributed by atoms with Crippen LogP contribution in [-0.2, 0) is 10.0 Å². The van der Waals surface area contributed by atoms with Crippen molar-refractivity contribution in [2.24, 2.45) is 5.92 Å². The average molecular weight is 444 g/mol. The maximum Gasteiger partial charge on any atom is 0.251 e.